The summed E-state index contributed by atoms with van der Waals surface area (Å²) in [4.78, 5) is 0. The van der Waals surface area contributed by atoms with Gasteiger partial charge >= 0.3 is 6.18 Å². The lowest BCUT2D eigenvalue weighted by Gasteiger charge is -2.30. The second-order valence-corrected chi connectivity index (χ2v) is 5.30. The van der Waals surface area contributed by atoms with Gasteiger partial charge in [-0.2, -0.15) is 13.2 Å². The molecule has 0 bridgehead atoms. The first-order valence-corrected chi connectivity index (χ1v) is 6.69. The van der Waals surface area contributed by atoms with Gasteiger partial charge in [-0.25, -0.2) is 0 Å². The highest BCUT2D eigenvalue weighted by Gasteiger charge is 2.46. The van der Waals surface area contributed by atoms with E-state index in [4.69, 9.17) is 4.74 Å². The van der Waals surface area contributed by atoms with Gasteiger partial charge in [-0.1, -0.05) is 36.4 Å². The van der Waals surface area contributed by atoms with Crippen LogP contribution in [0, 0.1) is 0 Å². The average molecular weight is 280 g/mol. The Morgan fingerprint density at radius 1 is 1.05 bits per heavy atom. The molecular weight excluding hydrogens is 265 g/mol. The smallest absolute Gasteiger partial charge is 0.370 e. The maximum atomic E-state index is 12.9. The van der Waals surface area contributed by atoms with Gasteiger partial charge in [0.15, 0.2) is 0 Å². The van der Waals surface area contributed by atoms with Crippen molar-refractivity contribution in [2.24, 2.45) is 0 Å². The van der Waals surface area contributed by atoms with Crippen LogP contribution in [0.2, 0.25) is 0 Å². The van der Waals surface area contributed by atoms with Gasteiger partial charge in [0.1, 0.15) is 5.60 Å². The van der Waals surface area contributed by atoms with Crippen LogP contribution in [0.4, 0.5) is 13.2 Å². The number of alkyl halides is 3. The standard InChI is InChI=1S/C16H15F3O/c17-16(18,19)11-15(8-3-9-20-15)14-7-6-12-4-1-2-5-13(12)10-14/h1-2,4-7,10H,3,8-9,11H2/t15-/m1/s1. The van der Waals surface area contributed by atoms with Crippen LogP contribution in [0.5, 0.6) is 0 Å². The molecule has 0 amide bonds. The zero-order valence-corrected chi connectivity index (χ0v) is 10.9. The van der Waals surface area contributed by atoms with Gasteiger partial charge in [0.25, 0.3) is 0 Å². The van der Waals surface area contributed by atoms with Crippen molar-refractivity contribution in [1.29, 1.82) is 0 Å². The number of ether oxygens (including phenoxy) is 1. The minimum Gasteiger partial charge on any atom is -0.370 e. The first-order chi connectivity index (χ1) is 9.49. The van der Waals surface area contributed by atoms with E-state index in [0.717, 1.165) is 10.8 Å². The Morgan fingerprint density at radius 3 is 2.45 bits per heavy atom. The van der Waals surface area contributed by atoms with Crippen molar-refractivity contribution in [2.45, 2.75) is 31.0 Å². The average Bonchev–Trinajstić information content (AvgIpc) is 2.85. The molecular formula is C16H15F3O. The van der Waals surface area contributed by atoms with E-state index < -0.39 is 18.2 Å². The van der Waals surface area contributed by atoms with Crippen molar-refractivity contribution >= 4 is 10.8 Å². The molecule has 3 rings (SSSR count). The number of fused-ring (bicyclic) bond motifs is 1. The summed E-state index contributed by atoms with van der Waals surface area (Å²) in [5, 5.41) is 1.97. The van der Waals surface area contributed by atoms with Gasteiger partial charge in [-0.05, 0) is 35.2 Å². The van der Waals surface area contributed by atoms with Crippen molar-refractivity contribution in [3.63, 3.8) is 0 Å². The van der Waals surface area contributed by atoms with E-state index >= 15 is 0 Å². The molecule has 1 aliphatic heterocycles. The predicted octanol–water partition coefficient (Wildman–Crippen LogP) is 4.80. The Labute approximate surface area is 115 Å². The Kier molecular flexibility index (Phi) is 3.21. The van der Waals surface area contributed by atoms with Gasteiger partial charge in [-0.3, -0.25) is 0 Å². The SMILES string of the molecule is FC(F)(F)C[C@@]1(c2ccc3ccccc3c2)CCCO1. The molecule has 0 N–H and O–H groups in total. The summed E-state index contributed by atoms with van der Waals surface area (Å²) < 4.78 is 44.1. The van der Waals surface area contributed by atoms with Gasteiger partial charge in [0, 0.05) is 6.61 Å². The Hall–Kier alpha value is -1.55. The molecule has 1 nitrogen and oxygen atoms in total. The van der Waals surface area contributed by atoms with Gasteiger partial charge in [0.05, 0.1) is 6.42 Å². The van der Waals surface area contributed by atoms with E-state index in [1.807, 2.05) is 36.4 Å². The third-order valence-corrected chi connectivity index (χ3v) is 3.86. The van der Waals surface area contributed by atoms with Crippen LogP contribution in [-0.2, 0) is 10.3 Å². The molecule has 1 saturated heterocycles. The molecule has 2 aromatic rings. The largest absolute Gasteiger partial charge is 0.392 e. The number of benzene rings is 2. The van der Waals surface area contributed by atoms with Crippen molar-refractivity contribution < 1.29 is 17.9 Å². The molecule has 0 saturated carbocycles. The fraction of sp³-hybridized carbons (Fsp3) is 0.375. The summed E-state index contributed by atoms with van der Waals surface area (Å²) in [6.07, 6.45) is -4.05. The molecule has 1 aliphatic rings. The molecule has 2 aromatic carbocycles. The van der Waals surface area contributed by atoms with Crippen LogP contribution in [0.3, 0.4) is 0 Å². The molecule has 1 fully saturated rings. The van der Waals surface area contributed by atoms with Crippen LogP contribution >= 0.6 is 0 Å². The molecule has 4 heteroatoms. The quantitative estimate of drug-likeness (QED) is 0.768. The lowest BCUT2D eigenvalue weighted by Crippen LogP contribution is -2.31. The molecule has 0 aromatic heterocycles. The third-order valence-electron chi connectivity index (χ3n) is 3.86. The first-order valence-electron chi connectivity index (χ1n) is 6.69. The predicted molar refractivity (Wildman–Crippen MR) is 71.5 cm³/mol. The van der Waals surface area contributed by atoms with Crippen molar-refractivity contribution in [3.05, 3.63) is 48.0 Å². The maximum absolute atomic E-state index is 12.9. The van der Waals surface area contributed by atoms with E-state index in [9.17, 15) is 13.2 Å². The third kappa shape index (κ3) is 2.52. The molecule has 1 atom stereocenters. The molecule has 1 heterocycles. The van der Waals surface area contributed by atoms with Crippen LogP contribution in [-0.4, -0.2) is 12.8 Å². The number of halogens is 3. The number of hydrogen-bond donors (Lipinski definition) is 0. The lowest BCUT2D eigenvalue weighted by molar-refractivity contribution is -0.181. The summed E-state index contributed by atoms with van der Waals surface area (Å²) in [6, 6.07) is 13.1. The molecule has 106 valence electrons. The van der Waals surface area contributed by atoms with Crippen molar-refractivity contribution in [1.82, 2.24) is 0 Å². The Bertz CT molecular complexity index is 612. The van der Waals surface area contributed by atoms with E-state index in [1.54, 1.807) is 6.07 Å². The topological polar surface area (TPSA) is 9.23 Å². The lowest BCUT2D eigenvalue weighted by atomic mass is 9.86. The van der Waals surface area contributed by atoms with Crippen LogP contribution < -0.4 is 0 Å². The fourth-order valence-corrected chi connectivity index (χ4v) is 2.96. The van der Waals surface area contributed by atoms with E-state index in [2.05, 4.69) is 0 Å². The monoisotopic (exact) mass is 280 g/mol. The minimum atomic E-state index is -4.23. The van der Waals surface area contributed by atoms with Crippen molar-refractivity contribution in [2.75, 3.05) is 6.61 Å². The minimum absolute atomic E-state index is 0.392. The molecule has 0 radical (unpaired) electrons. The van der Waals surface area contributed by atoms with Gasteiger partial charge in [0.2, 0.25) is 0 Å². The number of rotatable bonds is 2. The maximum Gasteiger partial charge on any atom is 0.392 e. The second-order valence-electron chi connectivity index (χ2n) is 5.30. The van der Waals surface area contributed by atoms with E-state index in [-0.39, 0.29) is 0 Å². The van der Waals surface area contributed by atoms with Gasteiger partial charge < -0.3 is 4.74 Å². The summed E-state index contributed by atoms with van der Waals surface area (Å²) in [5.74, 6) is 0. The summed E-state index contributed by atoms with van der Waals surface area (Å²) >= 11 is 0. The molecule has 0 unspecified atom stereocenters. The van der Waals surface area contributed by atoms with E-state index in [1.165, 1.54) is 0 Å². The molecule has 0 spiro atoms. The zero-order valence-electron chi connectivity index (χ0n) is 10.9. The highest BCUT2D eigenvalue weighted by molar-refractivity contribution is 5.83. The molecule has 20 heavy (non-hydrogen) atoms. The Balaban J connectivity index is 2.05. The Morgan fingerprint density at radius 2 is 1.80 bits per heavy atom. The number of hydrogen-bond acceptors (Lipinski definition) is 1. The van der Waals surface area contributed by atoms with Crippen LogP contribution in [0.25, 0.3) is 10.8 Å². The summed E-state index contributed by atoms with van der Waals surface area (Å²) in [5.41, 5.74) is -0.575. The molecule has 0 aliphatic carbocycles. The highest BCUT2D eigenvalue weighted by atomic mass is 19.4. The van der Waals surface area contributed by atoms with Crippen molar-refractivity contribution in [3.8, 4) is 0 Å². The second kappa shape index (κ2) is 4.77. The fourth-order valence-electron chi connectivity index (χ4n) is 2.96. The summed E-state index contributed by atoms with van der Waals surface area (Å²) in [6.45, 7) is 0.392. The van der Waals surface area contributed by atoms with Crippen LogP contribution in [0.15, 0.2) is 42.5 Å². The van der Waals surface area contributed by atoms with E-state index in [0.29, 0.717) is 25.0 Å². The normalized spacial score (nSPS) is 23.4. The first kappa shape index (κ1) is 13.4. The highest BCUT2D eigenvalue weighted by Crippen LogP contribution is 2.45. The zero-order chi connectivity index (χ0) is 14.2. The van der Waals surface area contributed by atoms with Crippen LogP contribution in [0.1, 0.15) is 24.8 Å². The summed E-state index contributed by atoms with van der Waals surface area (Å²) in [7, 11) is 0. The van der Waals surface area contributed by atoms with Gasteiger partial charge in [-0.15, -0.1) is 0 Å².